The highest BCUT2D eigenvalue weighted by Crippen LogP contribution is 2.33. The number of methoxy groups -OCH3 is 2. The molecular formula is C16H14Cl2O2. The van der Waals surface area contributed by atoms with E-state index in [0.29, 0.717) is 21.5 Å². The molecule has 2 nitrogen and oxygen atoms in total. The van der Waals surface area contributed by atoms with E-state index in [2.05, 4.69) is 0 Å². The van der Waals surface area contributed by atoms with Crippen LogP contribution < -0.4 is 9.47 Å². The summed E-state index contributed by atoms with van der Waals surface area (Å²) in [4.78, 5) is 0. The SMILES string of the molecule is COc1cc(Cl)c(/C=C/c2ccc(Cl)cc2)cc1OC. The second kappa shape index (κ2) is 6.69. The third-order valence-electron chi connectivity index (χ3n) is 2.83. The van der Waals surface area contributed by atoms with Crippen molar-refractivity contribution in [2.24, 2.45) is 0 Å². The minimum absolute atomic E-state index is 0.605. The van der Waals surface area contributed by atoms with E-state index in [1.807, 2.05) is 42.5 Å². The number of hydrogen-bond donors (Lipinski definition) is 0. The van der Waals surface area contributed by atoms with Gasteiger partial charge >= 0.3 is 0 Å². The molecule has 2 rings (SSSR count). The number of halogens is 2. The Morgan fingerprint density at radius 3 is 2.05 bits per heavy atom. The third kappa shape index (κ3) is 3.47. The molecule has 0 aliphatic rings. The zero-order valence-electron chi connectivity index (χ0n) is 11.2. The fraction of sp³-hybridized carbons (Fsp3) is 0.125. The molecule has 104 valence electrons. The zero-order valence-corrected chi connectivity index (χ0v) is 12.7. The van der Waals surface area contributed by atoms with E-state index in [-0.39, 0.29) is 0 Å². The number of ether oxygens (including phenoxy) is 2. The van der Waals surface area contributed by atoms with Gasteiger partial charge in [-0.05, 0) is 29.3 Å². The number of benzene rings is 2. The highest BCUT2D eigenvalue weighted by molar-refractivity contribution is 6.32. The van der Waals surface area contributed by atoms with Gasteiger partial charge in [-0.1, -0.05) is 47.5 Å². The first kappa shape index (κ1) is 14.8. The van der Waals surface area contributed by atoms with Crippen LogP contribution in [0.25, 0.3) is 12.2 Å². The van der Waals surface area contributed by atoms with Gasteiger partial charge in [-0.3, -0.25) is 0 Å². The van der Waals surface area contributed by atoms with Crippen molar-refractivity contribution >= 4 is 35.4 Å². The van der Waals surface area contributed by atoms with Crippen LogP contribution >= 0.6 is 23.2 Å². The van der Waals surface area contributed by atoms with Gasteiger partial charge in [-0.2, -0.15) is 0 Å². The van der Waals surface area contributed by atoms with Crippen molar-refractivity contribution in [3.05, 3.63) is 57.6 Å². The van der Waals surface area contributed by atoms with Gasteiger partial charge in [-0.25, -0.2) is 0 Å². The molecule has 0 saturated carbocycles. The first-order valence-electron chi connectivity index (χ1n) is 5.99. The van der Waals surface area contributed by atoms with E-state index < -0.39 is 0 Å². The second-order valence-electron chi connectivity index (χ2n) is 4.11. The third-order valence-corrected chi connectivity index (χ3v) is 3.41. The van der Waals surface area contributed by atoms with Gasteiger partial charge in [0.25, 0.3) is 0 Å². The van der Waals surface area contributed by atoms with Crippen molar-refractivity contribution < 1.29 is 9.47 Å². The highest BCUT2D eigenvalue weighted by Gasteiger charge is 2.07. The summed E-state index contributed by atoms with van der Waals surface area (Å²) in [6, 6.07) is 11.1. The number of hydrogen-bond acceptors (Lipinski definition) is 2. The lowest BCUT2D eigenvalue weighted by Gasteiger charge is -2.09. The van der Waals surface area contributed by atoms with E-state index in [9.17, 15) is 0 Å². The Labute approximate surface area is 128 Å². The lowest BCUT2D eigenvalue weighted by atomic mass is 10.1. The van der Waals surface area contributed by atoms with E-state index in [1.54, 1.807) is 20.3 Å². The van der Waals surface area contributed by atoms with E-state index in [0.717, 1.165) is 11.1 Å². The molecule has 2 aromatic carbocycles. The molecule has 0 heterocycles. The Morgan fingerprint density at radius 1 is 0.850 bits per heavy atom. The molecule has 0 unspecified atom stereocenters. The molecule has 0 aliphatic heterocycles. The molecule has 0 amide bonds. The second-order valence-corrected chi connectivity index (χ2v) is 4.96. The van der Waals surface area contributed by atoms with Crippen LogP contribution in [0.15, 0.2) is 36.4 Å². The van der Waals surface area contributed by atoms with Crippen molar-refractivity contribution in [3.8, 4) is 11.5 Å². The highest BCUT2D eigenvalue weighted by atomic mass is 35.5. The predicted molar refractivity (Wildman–Crippen MR) is 84.9 cm³/mol. The molecule has 0 radical (unpaired) electrons. The molecule has 0 aliphatic carbocycles. The lowest BCUT2D eigenvalue weighted by molar-refractivity contribution is 0.355. The summed E-state index contributed by atoms with van der Waals surface area (Å²) in [6.45, 7) is 0. The van der Waals surface area contributed by atoms with Crippen molar-refractivity contribution in [3.63, 3.8) is 0 Å². The molecule has 0 bridgehead atoms. The maximum absolute atomic E-state index is 6.22. The van der Waals surface area contributed by atoms with Crippen molar-refractivity contribution in [1.29, 1.82) is 0 Å². The van der Waals surface area contributed by atoms with Crippen LogP contribution in [0.5, 0.6) is 11.5 Å². The normalized spacial score (nSPS) is 10.8. The molecule has 0 atom stereocenters. The Balaban J connectivity index is 2.31. The fourth-order valence-electron chi connectivity index (χ4n) is 1.76. The largest absolute Gasteiger partial charge is 0.493 e. The van der Waals surface area contributed by atoms with Gasteiger partial charge in [0.15, 0.2) is 11.5 Å². The van der Waals surface area contributed by atoms with Gasteiger partial charge in [-0.15, -0.1) is 0 Å². The molecule has 0 saturated heterocycles. The molecule has 4 heteroatoms. The topological polar surface area (TPSA) is 18.5 Å². The molecule has 0 spiro atoms. The summed E-state index contributed by atoms with van der Waals surface area (Å²) in [7, 11) is 3.18. The molecule has 0 aromatic heterocycles. The van der Waals surface area contributed by atoms with Gasteiger partial charge in [0, 0.05) is 11.1 Å². The molecule has 0 fully saturated rings. The van der Waals surface area contributed by atoms with Crippen LogP contribution in [0.4, 0.5) is 0 Å². The van der Waals surface area contributed by atoms with Crippen molar-refractivity contribution in [2.75, 3.05) is 14.2 Å². The maximum atomic E-state index is 6.22. The van der Waals surface area contributed by atoms with Gasteiger partial charge in [0.2, 0.25) is 0 Å². The van der Waals surface area contributed by atoms with Gasteiger partial charge < -0.3 is 9.47 Å². The minimum atomic E-state index is 0.605. The van der Waals surface area contributed by atoms with Crippen LogP contribution in [-0.2, 0) is 0 Å². The van der Waals surface area contributed by atoms with Gasteiger partial charge in [0.1, 0.15) is 0 Å². The summed E-state index contributed by atoms with van der Waals surface area (Å²) < 4.78 is 10.5. The average molecular weight is 309 g/mol. The van der Waals surface area contributed by atoms with Crippen molar-refractivity contribution in [2.45, 2.75) is 0 Å². The molecule has 20 heavy (non-hydrogen) atoms. The van der Waals surface area contributed by atoms with Crippen LogP contribution in [-0.4, -0.2) is 14.2 Å². The van der Waals surface area contributed by atoms with Crippen LogP contribution in [0.1, 0.15) is 11.1 Å². The summed E-state index contributed by atoms with van der Waals surface area (Å²) in [5.74, 6) is 1.26. The first-order valence-corrected chi connectivity index (χ1v) is 6.75. The van der Waals surface area contributed by atoms with Gasteiger partial charge in [0.05, 0.1) is 19.2 Å². The molecular weight excluding hydrogens is 295 g/mol. The first-order chi connectivity index (χ1) is 9.63. The van der Waals surface area contributed by atoms with Crippen molar-refractivity contribution in [1.82, 2.24) is 0 Å². The summed E-state index contributed by atoms with van der Waals surface area (Å²) >= 11 is 12.1. The van der Waals surface area contributed by atoms with Crippen LogP contribution in [0, 0.1) is 0 Å². The smallest absolute Gasteiger partial charge is 0.162 e. The Hall–Kier alpha value is -1.64. The standard InChI is InChI=1S/C16H14Cl2O2/c1-19-15-9-12(14(18)10-16(15)20-2)6-3-11-4-7-13(17)8-5-11/h3-10H,1-2H3/b6-3+. The Bertz CT molecular complexity index is 619. The fourth-order valence-corrected chi connectivity index (χ4v) is 2.10. The Kier molecular flexibility index (Phi) is 4.94. The van der Waals surface area contributed by atoms with Crippen LogP contribution in [0.2, 0.25) is 10.0 Å². The maximum Gasteiger partial charge on any atom is 0.162 e. The van der Waals surface area contributed by atoms with E-state index in [4.69, 9.17) is 32.7 Å². The lowest BCUT2D eigenvalue weighted by Crippen LogP contribution is -1.91. The Morgan fingerprint density at radius 2 is 1.45 bits per heavy atom. The average Bonchev–Trinajstić information content (AvgIpc) is 2.47. The monoisotopic (exact) mass is 308 g/mol. The minimum Gasteiger partial charge on any atom is -0.493 e. The molecule has 0 N–H and O–H groups in total. The summed E-state index contributed by atoms with van der Waals surface area (Å²) in [6.07, 6.45) is 3.89. The van der Waals surface area contributed by atoms with Crippen LogP contribution in [0.3, 0.4) is 0 Å². The predicted octanol–water partition coefficient (Wildman–Crippen LogP) is 5.18. The van der Waals surface area contributed by atoms with E-state index in [1.165, 1.54) is 0 Å². The zero-order chi connectivity index (χ0) is 14.5. The van der Waals surface area contributed by atoms with E-state index >= 15 is 0 Å². The number of rotatable bonds is 4. The summed E-state index contributed by atoms with van der Waals surface area (Å²) in [5, 5.41) is 1.32. The summed E-state index contributed by atoms with van der Waals surface area (Å²) in [5.41, 5.74) is 1.90. The molecule has 2 aromatic rings. The quantitative estimate of drug-likeness (QED) is 0.724.